The fourth-order valence-electron chi connectivity index (χ4n) is 2.60. The molecule has 21 heavy (non-hydrogen) atoms. The van der Waals surface area contributed by atoms with Gasteiger partial charge in [-0.15, -0.1) is 0 Å². The number of nitrogens with two attached hydrogens (primary N) is 2. The van der Waals surface area contributed by atoms with Crippen LogP contribution in [0.15, 0.2) is 12.5 Å². The van der Waals surface area contributed by atoms with Crippen LogP contribution in [0.25, 0.3) is 11.2 Å². The fraction of sp³-hybridized carbons (Fsp3) is 0.538. The van der Waals surface area contributed by atoms with Crippen LogP contribution in [0.1, 0.15) is 19.3 Å². The number of hydrogen-bond donors (Lipinski definition) is 2. The average Bonchev–Trinajstić information content (AvgIpc) is 2.84. The van der Waals surface area contributed by atoms with Crippen molar-refractivity contribution in [2.45, 2.75) is 31.8 Å². The van der Waals surface area contributed by atoms with Crippen LogP contribution in [0.2, 0.25) is 0 Å². The molecule has 1 unspecified atom stereocenters. The molecule has 0 aromatic carbocycles. The monoisotopic (exact) mass is 289 g/mol. The number of anilines is 1. The van der Waals surface area contributed by atoms with Gasteiger partial charge in [0.1, 0.15) is 5.52 Å². The number of hydrogen-bond acceptors (Lipinski definition) is 6. The number of rotatable bonds is 4. The van der Waals surface area contributed by atoms with Crippen LogP contribution < -0.4 is 11.5 Å². The SMILES string of the molecule is Nc1ncc2ncn(CCCN3CCC(N)CC3=O)c2n1. The Bertz CT molecular complexity index is 653. The normalized spacial score (nSPS) is 19.4. The van der Waals surface area contributed by atoms with E-state index in [4.69, 9.17) is 11.5 Å². The second-order valence-corrected chi connectivity index (χ2v) is 5.36. The molecule has 0 saturated carbocycles. The largest absolute Gasteiger partial charge is 0.368 e. The Morgan fingerprint density at radius 1 is 1.33 bits per heavy atom. The second-order valence-electron chi connectivity index (χ2n) is 5.36. The standard InChI is InChI=1S/C13H19N7O/c14-9-2-5-19(11(21)6-9)3-1-4-20-8-17-10-7-16-13(15)18-12(10)20/h7-9H,1-6,14H2,(H2,15,16,18). The molecule has 1 aliphatic heterocycles. The predicted molar refractivity (Wildman–Crippen MR) is 78.1 cm³/mol. The topological polar surface area (TPSA) is 116 Å². The molecule has 0 bridgehead atoms. The van der Waals surface area contributed by atoms with Crippen LogP contribution in [0.5, 0.6) is 0 Å². The summed E-state index contributed by atoms with van der Waals surface area (Å²) in [4.78, 5) is 26.1. The van der Waals surface area contributed by atoms with E-state index in [1.807, 2.05) is 9.47 Å². The van der Waals surface area contributed by atoms with Crippen LogP contribution in [-0.2, 0) is 11.3 Å². The summed E-state index contributed by atoms with van der Waals surface area (Å²) in [6.07, 6.45) is 5.52. The Hall–Kier alpha value is -2.22. The smallest absolute Gasteiger partial charge is 0.224 e. The third-order valence-corrected chi connectivity index (χ3v) is 3.76. The first-order valence-electron chi connectivity index (χ1n) is 7.10. The Labute approximate surface area is 122 Å². The van der Waals surface area contributed by atoms with Gasteiger partial charge in [-0.1, -0.05) is 0 Å². The van der Waals surface area contributed by atoms with Crippen LogP contribution in [-0.4, -0.2) is 49.5 Å². The van der Waals surface area contributed by atoms with E-state index < -0.39 is 0 Å². The summed E-state index contributed by atoms with van der Waals surface area (Å²) < 4.78 is 1.94. The maximum absolute atomic E-state index is 11.8. The average molecular weight is 289 g/mol. The number of piperidine rings is 1. The van der Waals surface area contributed by atoms with Crippen molar-refractivity contribution in [3.63, 3.8) is 0 Å². The molecule has 8 heteroatoms. The molecule has 2 aromatic heterocycles. The van der Waals surface area contributed by atoms with Gasteiger partial charge in [0.2, 0.25) is 11.9 Å². The summed E-state index contributed by atoms with van der Waals surface area (Å²) in [5.41, 5.74) is 12.8. The van der Waals surface area contributed by atoms with E-state index in [0.29, 0.717) is 6.42 Å². The number of imidazole rings is 1. The van der Waals surface area contributed by atoms with E-state index in [9.17, 15) is 4.79 Å². The zero-order valence-electron chi connectivity index (χ0n) is 11.8. The molecule has 3 heterocycles. The molecule has 1 aliphatic rings. The fourth-order valence-corrected chi connectivity index (χ4v) is 2.60. The van der Waals surface area contributed by atoms with Crippen molar-refractivity contribution in [3.05, 3.63) is 12.5 Å². The molecule has 0 radical (unpaired) electrons. The van der Waals surface area contributed by atoms with Crippen molar-refractivity contribution in [2.24, 2.45) is 5.73 Å². The third kappa shape index (κ3) is 2.94. The molecule has 3 rings (SSSR count). The zero-order chi connectivity index (χ0) is 14.8. The first-order chi connectivity index (χ1) is 10.1. The maximum Gasteiger partial charge on any atom is 0.224 e. The molecule has 1 saturated heterocycles. The van der Waals surface area contributed by atoms with E-state index in [1.54, 1.807) is 12.5 Å². The summed E-state index contributed by atoms with van der Waals surface area (Å²) in [5.74, 6) is 0.389. The van der Waals surface area contributed by atoms with Gasteiger partial charge in [0.15, 0.2) is 5.65 Å². The molecule has 1 fully saturated rings. The van der Waals surface area contributed by atoms with Crippen molar-refractivity contribution in [1.82, 2.24) is 24.4 Å². The van der Waals surface area contributed by atoms with Gasteiger partial charge in [-0.3, -0.25) is 4.79 Å². The molecular formula is C13H19N7O. The van der Waals surface area contributed by atoms with Gasteiger partial charge < -0.3 is 20.9 Å². The summed E-state index contributed by atoms with van der Waals surface area (Å²) in [7, 11) is 0. The highest BCUT2D eigenvalue weighted by atomic mass is 16.2. The van der Waals surface area contributed by atoms with Crippen molar-refractivity contribution in [1.29, 1.82) is 0 Å². The van der Waals surface area contributed by atoms with E-state index >= 15 is 0 Å². The summed E-state index contributed by atoms with van der Waals surface area (Å²) in [5, 5.41) is 0. The molecular weight excluding hydrogens is 270 g/mol. The lowest BCUT2D eigenvalue weighted by Gasteiger charge is -2.30. The van der Waals surface area contributed by atoms with Crippen molar-refractivity contribution >= 4 is 23.0 Å². The third-order valence-electron chi connectivity index (χ3n) is 3.76. The van der Waals surface area contributed by atoms with Crippen LogP contribution in [0.4, 0.5) is 5.95 Å². The van der Waals surface area contributed by atoms with Crippen molar-refractivity contribution in [3.8, 4) is 0 Å². The predicted octanol–water partition coefficient (Wildman–Crippen LogP) is -0.252. The lowest BCUT2D eigenvalue weighted by atomic mass is 10.1. The minimum atomic E-state index is 0.0195. The molecule has 8 nitrogen and oxygen atoms in total. The molecule has 0 spiro atoms. The second kappa shape index (κ2) is 5.65. The summed E-state index contributed by atoms with van der Waals surface area (Å²) >= 11 is 0. The Morgan fingerprint density at radius 2 is 2.19 bits per heavy atom. The number of fused-ring (bicyclic) bond motifs is 1. The maximum atomic E-state index is 11.8. The first-order valence-corrected chi connectivity index (χ1v) is 7.10. The lowest BCUT2D eigenvalue weighted by Crippen LogP contribution is -2.44. The number of amides is 1. The van der Waals surface area contributed by atoms with Crippen LogP contribution >= 0.6 is 0 Å². The van der Waals surface area contributed by atoms with Crippen molar-refractivity contribution < 1.29 is 4.79 Å². The Kier molecular flexibility index (Phi) is 3.70. The minimum absolute atomic E-state index is 0.0195. The summed E-state index contributed by atoms with van der Waals surface area (Å²) in [6, 6.07) is 0.0195. The number of likely N-dealkylation sites (tertiary alicyclic amines) is 1. The molecule has 0 aliphatic carbocycles. The Balaban J connectivity index is 1.59. The molecule has 2 aromatic rings. The van der Waals surface area contributed by atoms with Gasteiger partial charge >= 0.3 is 0 Å². The molecule has 4 N–H and O–H groups in total. The van der Waals surface area contributed by atoms with Gasteiger partial charge in [0, 0.05) is 32.1 Å². The number of carbonyl (C=O) groups is 1. The highest BCUT2D eigenvalue weighted by molar-refractivity contribution is 5.77. The van der Waals surface area contributed by atoms with Crippen LogP contribution in [0.3, 0.4) is 0 Å². The quantitative estimate of drug-likeness (QED) is 0.801. The van der Waals surface area contributed by atoms with Gasteiger partial charge in [-0.25, -0.2) is 9.97 Å². The number of nitrogens with zero attached hydrogens (tertiary/aromatic N) is 5. The van der Waals surface area contributed by atoms with Crippen molar-refractivity contribution in [2.75, 3.05) is 18.8 Å². The molecule has 1 atom stereocenters. The van der Waals surface area contributed by atoms with E-state index in [2.05, 4.69) is 15.0 Å². The number of aromatic nitrogens is 4. The zero-order valence-corrected chi connectivity index (χ0v) is 11.8. The Morgan fingerprint density at radius 3 is 3.00 bits per heavy atom. The van der Waals surface area contributed by atoms with Gasteiger partial charge in [0.05, 0.1) is 12.5 Å². The lowest BCUT2D eigenvalue weighted by molar-refractivity contribution is -0.133. The van der Waals surface area contributed by atoms with Gasteiger partial charge in [-0.2, -0.15) is 4.98 Å². The number of carbonyl (C=O) groups excluding carboxylic acids is 1. The molecule has 112 valence electrons. The van der Waals surface area contributed by atoms with E-state index in [-0.39, 0.29) is 17.9 Å². The highest BCUT2D eigenvalue weighted by Crippen LogP contribution is 2.13. The number of aryl methyl sites for hydroxylation is 1. The number of nitrogen functional groups attached to an aromatic ring is 1. The van der Waals surface area contributed by atoms with E-state index in [1.165, 1.54) is 0 Å². The van der Waals surface area contributed by atoms with E-state index in [0.717, 1.165) is 43.6 Å². The first kappa shape index (κ1) is 13.7. The summed E-state index contributed by atoms with van der Waals surface area (Å²) in [6.45, 7) is 2.22. The molecule has 1 amide bonds. The van der Waals surface area contributed by atoms with Crippen LogP contribution in [0, 0.1) is 0 Å². The van der Waals surface area contributed by atoms with Gasteiger partial charge in [0.25, 0.3) is 0 Å². The van der Waals surface area contributed by atoms with Gasteiger partial charge in [-0.05, 0) is 12.8 Å². The highest BCUT2D eigenvalue weighted by Gasteiger charge is 2.22. The minimum Gasteiger partial charge on any atom is -0.368 e.